The van der Waals surface area contributed by atoms with Crippen LogP contribution in [0, 0.1) is 6.28 Å². The number of hydrogen-bond donors (Lipinski definition) is 1. The molecule has 0 saturated carbocycles. The minimum absolute atomic E-state index is 0. The zero-order valence-corrected chi connectivity index (χ0v) is 42.8. The Hall–Kier alpha value is -0.593. The largest absolute Gasteiger partial charge is 0.781 e. The van der Waals surface area contributed by atoms with Gasteiger partial charge in [-0.2, -0.15) is 19.6 Å². The van der Waals surface area contributed by atoms with Crippen LogP contribution in [-0.4, -0.2) is 21.1 Å². The van der Waals surface area contributed by atoms with Gasteiger partial charge in [-0.1, -0.05) is 97.1 Å². The van der Waals surface area contributed by atoms with E-state index in [9.17, 15) is 0 Å². The van der Waals surface area contributed by atoms with Crippen LogP contribution in [0.1, 0.15) is 27.8 Å². The van der Waals surface area contributed by atoms with E-state index < -0.39 is 0 Å². The second-order valence-electron chi connectivity index (χ2n) is 10.8. The summed E-state index contributed by atoms with van der Waals surface area (Å²) in [7, 11) is 5.97. The Kier molecular flexibility index (Phi) is 26.7. The van der Waals surface area contributed by atoms with Crippen LogP contribution in [0.25, 0.3) is 19.6 Å². The van der Waals surface area contributed by atoms with Crippen molar-refractivity contribution in [1.82, 2.24) is 5.32 Å². The first-order valence-electron chi connectivity index (χ1n) is 15.5. The Labute approximate surface area is 421 Å². The second-order valence-corrected chi connectivity index (χ2v) is 21.5. The van der Waals surface area contributed by atoms with Crippen molar-refractivity contribution in [1.29, 1.82) is 0 Å². The molecular weight excluding hydrogens is 1050 g/mol. The maximum atomic E-state index is 5.48. The molecule has 6 aromatic rings. The van der Waals surface area contributed by atoms with Crippen LogP contribution in [-0.2, 0) is 141 Å². The van der Waals surface area contributed by atoms with Gasteiger partial charge in [-0.3, -0.25) is 0 Å². The molecule has 0 aliphatic carbocycles. The average molecular weight is 1080 g/mol. The number of nitrogens with one attached hydrogen (secondary N) is 1. The van der Waals surface area contributed by atoms with E-state index in [1.165, 1.54) is 50.9 Å². The summed E-state index contributed by atoms with van der Waals surface area (Å²) in [6.45, 7) is 0.857. The van der Waals surface area contributed by atoms with Gasteiger partial charge in [0.05, 0.1) is 0 Å². The van der Waals surface area contributed by atoms with E-state index in [0.717, 1.165) is 77.2 Å². The summed E-state index contributed by atoms with van der Waals surface area (Å²) in [5.74, 6) is 0. The van der Waals surface area contributed by atoms with Gasteiger partial charge in [-0.05, 0) is 53.3 Å². The summed E-state index contributed by atoms with van der Waals surface area (Å²) in [4.78, 5) is 4.98. The first-order chi connectivity index (χ1) is 25.7. The van der Waals surface area contributed by atoms with Gasteiger partial charge >= 0.3 is 0 Å². The van der Waals surface area contributed by atoms with Crippen LogP contribution < -0.4 is 10.2 Å². The first-order valence-corrected chi connectivity index (χ1v) is 22.8. The van der Waals surface area contributed by atoms with Gasteiger partial charge in [0.25, 0.3) is 0 Å². The van der Waals surface area contributed by atoms with Gasteiger partial charge in [-0.25, -0.2) is 0 Å². The normalized spacial score (nSPS) is 10.8. The molecule has 304 valence electrons. The van der Waals surface area contributed by atoms with Crippen molar-refractivity contribution in [3.63, 3.8) is 0 Å². The minimum Gasteiger partial charge on any atom is -0.781 e. The van der Waals surface area contributed by atoms with E-state index in [4.69, 9.17) is 125 Å². The molecule has 0 saturated heterocycles. The molecule has 2 aromatic heterocycles. The summed E-state index contributed by atoms with van der Waals surface area (Å²) in [6.07, 6.45) is 0. The van der Waals surface area contributed by atoms with Crippen molar-refractivity contribution in [3.05, 3.63) is 143 Å². The van der Waals surface area contributed by atoms with E-state index >= 15 is 0 Å². The SMILES string of the molecule is CN(C)c1ccc(C([S-])=C([S-])c2ccccc2)cc1.CNCc1ccc(C([S-])=C([S-])c2ccccc2)cc1.S=c1sc([S-])c([S-])s1.S=c1sc([S-])c([S-])s1.[Ni].[Ni]. The molecule has 0 spiro atoms. The fourth-order valence-corrected chi connectivity index (χ4v) is 11.7. The van der Waals surface area contributed by atoms with E-state index in [-0.39, 0.29) is 33.0 Å². The van der Waals surface area contributed by atoms with Crippen LogP contribution in [0.5, 0.6) is 0 Å². The molecular formula is C38H30N2Ni2S14-8. The Morgan fingerprint density at radius 3 is 1.04 bits per heavy atom. The quantitative estimate of drug-likeness (QED) is 0.0710. The molecule has 0 fully saturated rings. The van der Waals surface area contributed by atoms with Gasteiger partial charge in [0, 0.05) is 59.3 Å². The topological polar surface area (TPSA) is 15.3 Å². The fourth-order valence-electron chi connectivity index (χ4n) is 4.10. The van der Waals surface area contributed by atoms with E-state index in [1.807, 2.05) is 106 Å². The molecule has 0 aliphatic rings. The van der Waals surface area contributed by atoms with Gasteiger partial charge in [0.1, 0.15) is 0 Å². The Morgan fingerprint density at radius 2 is 0.786 bits per heavy atom. The summed E-state index contributed by atoms with van der Waals surface area (Å²) in [5.41, 5.74) is 6.39. The summed E-state index contributed by atoms with van der Waals surface area (Å²) < 4.78 is 4.70. The van der Waals surface area contributed by atoms with Crippen LogP contribution in [0.2, 0.25) is 0 Å². The molecule has 2 nitrogen and oxygen atoms in total. The molecule has 0 radical (unpaired) electrons. The van der Waals surface area contributed by atoms with Crippen molar-refractivity contribution < 1.29 is 33.0 Å². The fraction of sp³-hybridized carbons (Fsp3) is 0.105. The predicted octanol–water partition coefficient (Wildman–Crippen LogP) is 11.7. The third-order valence-corrected chi connectivity index (χ3v) is 15.9. The maximum absolute atomic E-state index is 5.48. The molecule has 0 atom stereocenters. The van der Waals surface area contributed by atoms with Crippen LogP contribution >= 0.6 is 69.8 Å². The van der Waals surface area contributed by atoms with Crippen molar-refractivity contribution in [2.24, 2.45) is 0 Å². The van der Waals surface area contributed by atoms with Crippen molar-refractivity contribution in [2.75, 3.05) is 26.0 Å². The summed E-state index contributed by atoms with van der Waals surface area (Å²) in [5, 5.41) is 3.12. The molecule has 6 rings (SSSR count). The van der Waals surface area contributed by atoms with E-state index in [0.29, 0.717) is 0 Å². The molecule has 0 unspecified atom stereocenters. The molecule has 1 N–H and O–H groups in total. The molecule has 2 heterocycles. The van der Waals surface area contributed by atoms with Gasteiger partial charge in [0.15, 0.2) is 0 Å². The number of nitrogens with zero attached hydrogens (tertiary/aromatic N) is 1. The zero-order chi connectivity index (χ0) is 39.8. The molecule has 0 aliphatic heterocycles. The predicted molar refractivity (Wildman–Crippen MR) is 265 cm³/mol. The van der Waals surface area contributed by atoms with E-state index in [1.54, 1.807) is 0 Å². The molecule has 18 heteroatoms. The number of anilines is 1. The van der Waals surface area contributed by atoms with Gasteiger partial charge < -0.3 is 157 Å². The summed E-state index contributed by atoms with van der Waals surface area (Å²) in [6, 6.07) is 36.2. The Balaban J connectivity index is 0.000000396. The third kappa shape index (κ3) is 17.9. The minimum atomic E-state index is 0. The van der Waals surface area contributed by atoms with E-state index in [2.05, 4.69) is 34.5 Å². The standard InChI is InChI=1S/2C16H17NS2.2C3H2S5.2Ni/c1-17(2)14-10-8-13(9-11-14)16(19)15(18)12-6-4-3-5-7-12;1-17-11-12-7-9-14(10-8-12)16(19)15(18)13-5-3-2-4-6-13;2*4-1-2(5)8-3(6)7-1;;/h3-11,18-19H,1-2H3;2-10,17-19H,11H2,1H3;2*4-5H;;/p-8. The van der Waals surface area contributed by atoms with Crippen LogP contribution in [0.15, 0.2) is 126 Å². The average Bonchev–Trinajstić information content (AvgIpc) is 3.65. The van der Waals surface area contributed by atoms with Gasteiger partial charge in [0.2, 0.25) is 0 Å². The maximum Gasteiger partial charge on any atom is 0.0361 e. The molecule has 56 heavy (non-hydrogen) atoms. The third-order valence-electron chi connectivity index (χ3n) is 6.76. The number of rotatable bonds is 7. The van der Waals surface area contributed by atoms with Gasteiger partial charge in [-0.15, -0.1) is 41.3 Å². The zero-order valence-electron chi connectivity index (χ0n) is 29.4. The Morgan fingerprint density at radius 1 is 0.500 bits per heavy atom. The van der Waals surface area contributed by atoms with Crippen LogP contribution in [0.3, 0.4) is 0 Å². The molecule has 0 bridgehead atoms. The second kappa shape index (κ2) is 28.0. The summed E-state index contributed by atoms with van der Waals surface area (Å²) >= 11 is 56.5. The number of benzene rings is 4. The van der Waals surface area contributed by atoms with Crippen LogP contribution in [0.4, 0.5) is 5.69 Å². The Bertz CT molecular complexity index is 2130. The number of hydrogen-bond acceptors (Lipinski definition) is 16. The smallest absolute Gasteiger partial charge is 0.0361 e. The van der Waals surface area contributed by atoms with Crippen molar-refractivity contribution in [2.45, 2.75) is 23.4 Å². The molecule has 4 aromatic carbocycles. The monoisotopic (exact) mass is 1080 g/mol. The van der Waals surface area contributed by atoms with Crippen molar-refractivity contribution >= 4 is 196 Å². The van der Waals surface area contributed by atoms with Crippen molar-refractivity contribution in [3.8, 4) is 0 Å². The molecule has 0 amide bonds. The first kappa shape index (κ1) is 53.4.